The van der Waals surface area contributed by atoms with Crippen LogP contribution < -0.4 is 15.3 Å². The van der Waals surface area contributed by atoms with Crippen molar-refractivity contribution in [1.29, 1.82) is 0 Å². The fraction of sp³-hybridized carbons (Fsp3) is 0. The Bertz CT molecular complexity index is 289. The minimum absolute atomic E-state index is 0. The van der Waals surface area contributed by atoms with Crippen LogP contribution in [0.25, 0.3) is 0 Å². The Kier molecular flexibility index (Phi) is 31.1. The number of hydrogen-bond donors (Lipinski definition) is 0. The Morgan fingerprint density at radius 3 is 0.789 bits per heavy atom. The first kappa shape index (κ1) is 26.6. The Morgan fingerprint density at radius 2 is 0.789 bits per heavy atom. The van der Waals surface area contributed by atoms with Gasteiger partial charge in [0.05, 0.1) is 17.9 Å². The summed E-state index contributed by atoms with van der Waals surface area (Å²) in [6.45, 7) is 0. The second-order valence-corrected chi connectivity index (χ2v) is 2.59. The van der Waals surface area contributed by atoms with Crippen LogP contribution in [0.1, 0.15) is 0 Å². The van der Waals surface area contributed by atoms with Gasteiger partial charge in [0.25, 0.3) is 0 Å². The molecule has 0 aromatic heterocycles. The van der Waals surface area contributed by atoms with Gasteiger partial charge in [0.1, 0.15) is 0 Å². The normalized spacial score (nSPS) is 9.00. The van der Waals surface area contributed by atoms with Gasteiger partial charge in [-0.15, -0.1) is 0 Å². The first-order valence-corrected chi connectivity index (χ1v) is 5.05. The van der Waals surface area contributed by atoms with Crippen molar-refractivity contribution in [1.82, 2.24) is 0 Å². The molecule has 0 unspecified atom stereocenters. The molecule has 0 saturated carbocycles. The largest absolute Gasteiger partial charge is 3.00 e. The molecule has 0 aliphatic rings. The molecule has 0 fully saturated rings. The molecule has 102 valence electrons. The van der Waals surface area contributed by atoms with Crippen molar-refractivity contribution in [3.8, 4) is 0 Å². The van der Waals surface area contributed by atoms with E-state index in [9.17, 15) is 29.7 Å². The molecule has 0 radical (unpaired) electrons. The van der Waals surface area contributed by atoms with E-state index >= 15 is 0 Å². The SMILES string of the molecule is O=C([O-])/C=C/Cl.O=C([O-])/C=C/Cl.O=C([O-])/C=C/Cl.[Al+3]. The van der Waals surface area contributed by atoms with E-state index in [1.165, 1.54) is 0 Å². The first-order valence-electron chi connectivity index (χ1n) is 3.75. The fourth-order valence-corrected chi connectivity index (χ4v) is 0.463. The summed E-state index contributed by atoms with van der Waals surface area (Å²) >= 11 is 14.4. The van der Waals surface area contributed by atoms with E-state index in [1.807, 2.05) is 0 Å². The van der Waals surface area contributed by atoms with E-state index in [1.54, 1.807) is 0 Å². The predicted octanol–water partition coefficient (Wildman–Crippen LogP) is -1.91. The number of carbonyl (C=O) groups excluding carboxylic acids is 3. The minimum Gasteiger partial charge on any atom is -0.545 e. The van der Waals surface area contributed by atoms with Crippen molar-refractivity contribution in [2.75, 3.05) is 0 Å². The van der Waals surface area contributed by atoms with Crippen molar-refractivity contribution in [2.45, 2.75) is 0 Å². The number of hydrogen-bond acceptors (Lipinski definition) is 6. The summed E-state index contributed by atoms with van der Waals surface area (Å²) in [5, 5.41) is 28.0. The van der Waals surface area contributed by atoms with Gasteiger partial charge in [-0.25, -0.2) is 0 Å². The fourth-order valence-electron chi connectivity index (χ4n) is 0.154. The molecule has 0 aliphatic carbocycles. The molecule has 0 aliphatic heterocycles. The van der Waals surface area contributed by atoms with Crippen LogP contribution in [0.2, 0.25) is 0 Å². The van der Waals surface area contributed by atoms with Crippen LogP contribution in [0.15, 0.2) is 34.8 Å². The standard InChI is InChI=1S/3C3H3ClO2.Al/c3*4-2-1-3(5)6;/h3*1-2H,(H,5,6);/q;;;+3/p-3/b3*2-1+;. The predicted molar refractivity (Wildman–Crippen MR) is 65.8 cm³/mol. The van der Waals surface area contributed by atoms with Gasteiger partial charge in [0.15, 0.2) is 0 Å². The van der Waals surface area contributed by atoms with Crippen LogP contribution in [0.5, 0.6) is 0 Å². The molecule has 0 rings (SSSR count). The van der Waals surface area contributed by atoms with Crippen molar-refractivity contribution in [3.63, 3.8) is 0 Å². The third-order valence-corrected chi connectivity index (χ3v) is 0.975. The average molecular weight is 343 g/mol. The van der Waals surface area contributed by atoms with E-state index in [-0.39, 0.29) is 17.4 Å². The summed E-state index contributed by atoms with van der Waals surface area (Å²) in [6.07, 6.45) is 2.21. The second kappa shape index (κ2) is 22.2. The Morgan fingerprint density at radius 1 is 0.632 bits per heavy atom. The number of carboxylic acid groups (broad SMARTS) is 3. The monoisotopic (exact) mass is 342 g/mol. The molecule has 19 heavy (non-hydrogen) atoms. The quantitative estimate of drug-likeness (QED) is 0.435. The van der Waals surface area contributed by atoms with Gasteiger partial charge in [0.2, 0.25) is 0 Å². The molecule has 0 spiro atoms. The van der Waals surface area contributed by atoms with E-state index in [4.69, 9.17) is 34.8 Å². The van der Waals surface area contributed by atoms with Crippen LogP contribution in [0.3, 0.4) is 0 Å². The molecule has 0 atom stereocenters. The third kappa shape index (κ3) is 59.7. The van der Waals surface area contributed by atoms with E-state index < -0.39 is 17.9 Å². The van der Waals surface area contributed by atoms with Crippen molar-refractivity contribution < 1.29 is 29.7 Å². The van der Waals surface area contributed by atoms with Crippen molar-refractivity contribution in [3.05, 3.63) is 34.8 Å². The van der Waals surface area contributed by atoms with E-state index in [0.29, 0.717) is 0 Å². The number of aliphatic carboxylic acids is 3. The maximum atomic E-state index is 9.32. The van der Waals surface area contributed by atoms with E-state index in [2.05, 4.69) is 0 Å². The van der Waals surface area contributed by atoms with Gasteiger partial charge in [-0.05, 0) is 18.2 Å². The summed E-state index contributed by atoms with van der Waals surface area (Å²) in [5.41, 5.74) is 2.65. The molecule has 10 heteroatoms. The summed E-state index contributed by atoms with van der Waals surface area (Å²) in [4.78, 5) is 28.0. The zero-order chi connectivity index (χ0) is 15.0. The maximum absolute atomic E-state index is 9.32. The molecule has 0 aromatic carbocycles. The minimum atomic E-state index is -1.27. The average Bonchev–Trinajstić information content (AvgIpc) is 2.18. The summed E-state index contributed by atoms with van der Waals surface area (Å²) < 4.78 is 0. The zero-order valence-electron chi connectivity index (χ0n) is 9.12. The summed E-state index contributed by atoms with van der Waals surface area (Å²) in [6, 6.07) is 0. The Balaban J connectivity index is -0.0000000865. The van der Waals surface area contributed by atoms with Crippen LogP contribution >= 0.6 is 34.8 Å². The van der Waals surface area contributed by atoms with Crippen molar-refractivity contribution >= 4 is 70.1 Å². The van der Waals surface area contributed by atoms with Crippen LogP contribution in [0.4, 0.5) is 0 Å². The molecule has 0 heterocycles. The molecule has 0 aromatic rings. The number of carboxylic acids is 3. The second-order valence-electron chi connectivity index (χ2n) is 1.84. The van der Waals surface area contributed by atoms with Crippen LogP contribution in [-0.2, 0) is 14.4 Å². The maximum Gasteiger partial charge on any atom is 3.00 e. The summed E-state index contributed by atoms with van der Waals surface area (Å²) in [7, 11) is 0. The van der Waals surface area contributed by atoms with Gasteiger partial charge in [0, 0.05) is 16.6 Å². The van der Waals surface area contributed by atoms with Gasteiger partial charge < -0.3 is 29.7 Å². The molecule has 0 saturated heterocycles. The van der Waals surface area contributed by atoms with Crippen molar-refractivity contribution in [2.24, 2.45) is 0 Å². The van der Waals surface area contributed by atoms with Crippen LogP contribution in [-0.4, -0.2) is 35.3 Å². The van der Waals surface area contributed by atoms with Gasteiger partial charge in [-0.1, -0.05) is 34.8 Å². The Hall–Kier alpha value is -0.968. The molecule has 0 N–H and O–H groups in total. The zero-order valence-corrected chi connectivity index (χ0v) is 12.5. The number of halogens is 3. The molecule has 0 amide bonds. The van der Waals surface area contributed by atoms with Gasteiger partial charge in [-0.3, -0.25) is 0 Å². The van der Waals surface area contributed by atoms with Crippen LogP contribution in [0, 0.1) is 0 Å². The Labute approximate surface area is 134 Å². The number of rotatable bonds is 3. The molecular weight excluding hydrogens is 337 g/mol. The smallest absolute Gasteiger partial charge is 0.545 e. The van der Waals surface area contributed by atoms with E-state index in [0.717, 1.165) is 34.8 Å². The topological polar surface area (TPSA) is 120 Å². The number of carbonyl (C=O) groups is 3. The summed E-state index contributed by atoms with van der Waals surface area (Å²) in [5.74, 6) is -3.82. The molecule has 6 nitrogen and oxygen atoms in total. The van der Waals surface area contributed by atoms with Gasteiger partial charge in [-0.2, -0.15) is 0 Å². The molecular formula is C9H6AlCl3O6. The molecule has 0 bridgehead atoms. The third-order valence-electron chi connectivity index (χ3n) is 0.597. The first-order chi connectivity index (χ1) is 8.31. The van der Waals surface area contributed by atoms with Gasteiger partial charge >= 0.3 is 17.4 Å².